The van der Waals surface area contributed by atoms with Crippen molar-refractivity contribution < 1.29 is 10.2 Å². The van der Waals surface area contributed by atoms with Gasteiger partial charge in [0.1, 0.15) is 0 Å². The zero-order valence-electron chi connectivity index (χ0n) is 20.8. The van der Waals surface area contributed by atoms with E-state index in [1.165, 1.54) is 51.4 Å². The van der Waals surface area contributed by atoms with Gasteiger partial charge in [0.2, 0.25) is 0 Å². The Balaban J connectivity index is 1.48. The van der Waals surface area contributed by atoms with Crippen molar-refractivity contribution in [2.24, 2.45) is 46.3 Å². The minimum Gasteiger partial charge on any atom is -0.390 e. The van der Waals surface area contributed by atoms with Gasteiger partial charge in [0.15, 0.2) is 0 Å². The normalized spacial score (nSPS) is 51.4. The summed E-state index contributed by atoms with van der Waals surface area (Å²) in [4.78, 5) is 0. The van der Waals surface area contributed by atoms with Gasteiger partial charge in [-0.1, -0.05) is 27.7 Å². The van der Waals surface area contributed by atoms with Crippen molar-refractivity contribution in [3.63, 3.8) is 0 Å². The first kappa shape index (κ1) is 23.1. The summed E-state index contributed by atoms with van der Waals surface area (Å²) < 4.78 is 0. The van der Waals surface area contributed by atoms with Gasteiger partial charge in [0.05, 0.1) is 11.2 Å². The van der Waals surface area contributed by atoms with Gasteiger partial charge in [0, 0.05) is 0 Å². The summed E-state index contributed by atoms with van der Waals surface area (Å²) in [6.45, 7) is 14.0. The molecule has 30 heavy (non-hydrogen) atoms. The van der Waals surface area contributed by atoms with Crippen LogP contribution in [0.3, 0.4) is 0 Å². The molecule has 0 spiro atoms. The first-order valence-corrected chi connectivity index (χ1v) is 13.4. The van der Waals surface area contributed by atoms with Crippen molar-refractivity contribution in [3.05, 3.63) is 0 Å². The first-order valence-electron chi connectivity index (χ1n) is 13.4. The fraction of sp³-hybridized carbons (Fsp3) is 1.00. The molecule has 0 aromatic carbocycles. The molecule has 4 saturated carbocycles. The van der Waals surface area contributed by atoms with Crippen LogP contribution in [0.1, 0.15) is 119 Å². The molecule has 0 aromatic heterocycles. The first-order chi connectivity index (χ1) is 13.9. The Hall–Kier alpha value is -0.0800. The molecule has 2 N–H and O–H groups in total. The second-order valence-corrected chi connectivity index (χ2v) is 13.5. The van der Waals surface area contributed by atoms with Gasteiger partial charge in [-0.15, -0.1) is 0 Å². The van der Waals surface area contributed by atoms with E-state index >= 15 is 0 Å². The molecule has 0 aromatic rings. The second kappa shape index (κ2) is 7.75. The van der Waals surface area contributed by atoms with Gasteiger partial charge in [-0.25, -0.2) is 0 Å². The summed E-state index contributed by atoms with van der Waals surface area (Å²) in [7, 11) is 0. The predicted molar refractivity (Wildman–Crippen MR) is 125 cm³/mol. The number of fused-ring (bicyclic) bond motifs is 5. The largest absolute Gasteiger partial charge is 0.390 e. The Labute approximate surface area is 186 Å². The maximum atomic E-state index is 10.7. The van der Waals surface area contributed by atoms with E-state index in [4.69, 9.17) is 0 Å². The van der Waals surface area contributed by atoms with E-state index in [-0.39, 0.29) is 0 Å². The molecule has 0 bridgehead atoms. The van der Waals surface area contributed by atoms with Crippen LogP contribution in [0.15, 0.2) is 0 Å². The zero-order chi connectivity index (χ0) is 21.9. The van der Waals surface area contributed by atoms with Gasteiger partial charge in [-0.05, 0) is 137 Å². The van der Waals surface area contributed by atoms with Crippen LogP contribution in [-0.2, 0) is 0 Å². The number of hydrogen-bond acceptors (Lipinski definition) is 2. The molecule has 4 fully saturated rings. The summed E-state index contributed by atoms with van der Waals surface area (Å²) in [6, 6.07) is 0. The van der Waals surface area contributed by atoms with Gasteiger partial charge in [-0.2, -0.15) is 0 Å². The third kappa shape index (κ3) is 3.81. The Morgan fingerprint density at radius 2 is 1.63 bits per heavy atom. The molecule has 0 amide bonds. The number of aliphatic hydroxyl groups is 2. The summed E-state index contributed by atoms with van der Waals surface area (Å²) in [5.74, 6) is 5.03. The molecule has 4 aliphatic rings. The molecule has 0 saturated heterocycles. The van der Waals surface area contributed by atoms with Gasteiger partial charge in [-0.3, -0.25) is 0 Å². The van der Waals surface area contributed by atoms with E-state index in [0.717, 1.165) is 61.2 Å². The zero-order valence-corrected chi connectivity index (χ0v) is 20.8. The molecular weight excluding hydrogens is 368 g/mol. The van der Waals surface area contributed by atoms with Crippen molar-refractivity contribution in [1.29, 1.82) is 0 Å². The predicted octanol–water partition coefficient (Wildman–Crippen LogP) is 6.97. The van der Waals surface area contributed by atoms with E-state index in [9.17, 15) is 10.2 Å². The highest BCUT2D eigenvalue weighted by molar-refractivity contribution is 5.10. The van der Waals surface area contributed by atoms with Crippen molar-refractivity contribution in [1.82, 2.24) is 0 Å². The van der Waals surface area contributed by atoms with Crippen LogP contribution in [0.5, 0.6) is 0 Å². The standard InChI is InChI=1S/C28H50O2/c1-7-25(3,29)14-12-19(2)22-10-11-23-21-9-8-20-18-26(4,30)16-17-27(20,5)24(21)13-15-28(22,23)6/h19-24,29-30H,7-18H2,1-6H3/t19-,20+,21+,22?,23+,24+,25+,26+,27+,28-/m1/s1. The topological polar surface area (TPSA) is 40.5 Å². The molecular formula is C28H50O2. The highest BCUT2D eigenvalue weighted by Crippen LogP contribution is 2.68. The molecule has 2 heteroatoms. The minimum atomic E-state index is -0.486. The van der Waals surface area contributed by atoms with Gasteiger partial charge >= 0.3 is 0 Å². The lowest BCUT2D eigenvalue weighted by Gasteiger charge is -2.62. The maximum absolute atomic E-state index is 10.7. The maximum Gasteiger partial charge on any atom is 0.0622 e. The molecule has 4 rings (SSSR count). The van der Waals surface area contributed by atoms with Crippen LogP contribution in [0, 0.1) is 46.3 Å². The SMILES string of the molecule is CC[C@](C)(O)CC[C@@H](C)C1CC[C@H]2[C@@H]3CC[C@H]4C[C@@](C)(O)CC[C@]4(C)[C@H]3CC[C@]12C. The fourth-order valence-corrected chi connectivity index (χ4v) is 9.32. The van der Waals surface area contributed by atoms with Crippen LogP contribution in [0.25, 0.3) is 0 Å². The van der Waals surface area contributed by atoms with Crippen molar-refractivity contribution >= 4 is 0 Å². The molecule has 2 nitrogen and oxygen atoms in total. The molecule has 0 heterocycles. The molecule has 174 valence electrons. The third-order valence-corrected chi connectivity index (χ3v) is 11.6. The Kier molecular flexibility index (Phi) is 5.97. The Bertz CT molecular complexity index is 624. The van der Waals surface area contributed by atoms with E-state index in [2.05, 4.69) is 34.6 Å². The molecule has 10 atom stereocenters. The van der Waals surface area contributed by atoms with Gasteiger partial charge in [0.25, 0.3) is 0 Å². The monoisotopic (exact) mass is 418 g/mol. The highest BCUT2D eigenvalue weighted by atomic mass is 16.3. The molecule has 4 aliphatic carbocycles. The van der Waals surface area contributed by atoms with Crippen molar-refractivity contribution in [2.75, 3.05) is 0 Å². The Morgan fingerprint density at radius 1 is 0.933 bits per heavy atom. The Morgan fingerprint density at radius 3 is 2.33 bits per heavy atom. The quantitative estimate of drug-likeness (QED) is 0.506. The number of rotatable bonds is 5. The van der Waals surface area contributed by atoms with Crippen LogP contribution in [0.4, 0.5) is 0 Å². The van der Waals surface area contributed by atoms with Crippen molar-refractivity contribution in [2.45, 2.75) is 130 Å². The summed E-state index contributed by atoms with van der Waals surface area (Å²) in [6.07, 6.45) is 14.7. The number of hydrogen-bond donors (Lipinski definition) is 2. The van der Waals surface area contributed by atoms with Crippen LogP contribution >= 0.6 is 0 Å². The lowest BCUT2D eigenvalue weighted by atomic mass is 9.43. The third-order valence-electron chi connectivity index (χ3n) is 11.6. The van der Waals surface area contributed by atoms with Crippen LogP contribution in [-0.4, -0.2) is 21.4 Å². The van der Waals surface area contributed by atoms with E-state index < -0.39 is 11.2 Å². The highest BCUT2D eigenvalue weighted by Gasteiger charge is 2.61. The van der Waals surface area contributed by atoms with E-state index in [0.29, 0.717) is 10.8 Å². The molecule has 1 unspecified atom stereocenters. The van der Waals surface area contributed by atoms with E-state index in [1.807, 2.05) is 6.92 Å². The lowest BCUT2D eigenvalue weighted by Crippen LogP contribution is -2.55. The molecule has 0 radical (unpaired) electrons. The summed E-state index contributed by atoms with van der Waals surface area (Å²) >= 11 is 0. The average molecular weight is 419 g/mol. The fourth-order valence-electron chi connectivity index (χ4n) is 9.32. The smallest absolute Gasteiger partial charge is 0.0622 e. The van der Waals surface area contributed by atoms with Crippen molar-refractivity contribution in [3.8, 4) is 0 Å². The minimum absolute atomic E-state index is 0.423. The summed E-state index contributed by atoms with van der Waals surface area (Å²) in [5.41, 5.74) is 0.0752. The summed E-state index contributed by atoms with van der Waals surface area (Å²) in [5, 5.41) is 21.2. The average Bonchev–Trinajstić information content (AvgIpc) is 3.04. The lowest BCUT2D eigenvalue weighted by molar-refractivity contribution is -0.148. The molecule has 0 aliphatic heterocycles. The van der Waals surface area contributed by atoms with Crippen LogP contribution < -0.4 is 0 Å². The van der Waals surface area contributed by atoms with Crippen LogP contribution in [0.2, 0.25) is 0 Å². The van der Waals surface area contributed by atoms with E-state index in [1.54, 1.807) is 0 Å². The van der Waals surface area contributed by atoms with Gasteiger partial charge < -0.3 is 10.2 Å². The second-order valence-electron chi connectivity index (χ2n) is 13.5.